The molecule has 5 aromatic heterocycles. The average molecular weight is 718 g/mol. The Labute approximate surface area is 249 Å². The van der Waals surface area contributed by atoms with Gasteiger partial charge in [0.15, 0.2) is 5.58 Å². The van der Waals surface area contributed by atoms with Crippen molar-refractivity contribution in [3.8, 4) is 22.7 Å². The zero-order valence-electron chi connectivity index (χ0n) is 22.5. The smallest absolute Gasteiger partial charge is 0.232 e. The molecule has 0 bridgehead atoms. The molecule has 0 atom stereocenters. The van der Waals surface area contributed by atoms with Gasteiger partial charge in [-0.15, -0.1) is 6.07 Å². The van der Waals surface area contributed by atoms with Crippen LogP contribution in [0.1, 0.15) is 26.3 Å². The number of hydrogen-bond donors (Lipinski definition) is 1. The summed E-state index contributed by atoms with van der Waals surface area (Å²) in [6, 6.07) is 29.5. The molecular weight excluding hydrogens is 693 g/mol. The third-order valence-corrected chi connectivity index (χ3v) is 7.55. The number of aromatic nitrogens is 5. The SMILES string of the molecule is CC(C)(C)c1cc(-c2cccc3c2nc2n(-c4[c-]cccc4)c4ccccc4n32)nc2c1oc1nccc(O)c12.[Pt]. The quantitative estimate of drug-likeness (QED) is 0.187. The Kier molecular flexibility index (Phi) is 5.60. The molecule has 0 amide bonds. The normalized spacial score (nSPS) is 12.2. The monoisotopic (exact) mass is 717 g/mol. The number of aromatic hydroxyl groups is 1. The van der Waals surface area contributed by atoms with Crippen molar-refractivity contribution in [2.24, 2.45) is 0 Å². The fraction of sp³-hybridized carbons (Fsp3) is 0.121. The van der Waals surface area contributed by atoms with E-state index in [1.807, 2.05) is 42.5 Å². The van der Waals surface area contributed by atoms with E-state index in [4.69, 9.17) is 14.4 Å². The van der Waals surface area contributed by atoms with Gasteiger partial charge in [0, 0.05) is 38.4 Å². The van der Waals surface area contributed by atoms with Crippen molar-refractivity contribution >= 4 is 50.0 Å². The Balaban J connectivity index is 0.00000276. The molecule has 41 heavy (non-hydrogen) atoms. The predicted molar refractivity (Wildman–Crippen MR) is 157 cm³/mol. The number of fused-ring (bicyclic) bond motifs is 8. The van der Waals surface area contributed by atoms with Crippen LogP contribution in [0, 0.1) is 6.07 Å². The van der Waals surface area contributed by atoms with Crippen LogP contribution in [0.4, 0.5) is 0 Å². The van der Waals surface area contributed by atoms with Crippen LogP contribution in [0.25, 0.3) is 67.0 Å². The molecule has 0 unspecified atom stereocenters. The van der Waals surface area contributed by atoms with Crippen LogP contribution in [0.3, 0.4) is 0 Å². The van der Waals surface area contributed by atoms with Crippen LogP contribution in [0.5, 0.6) is 5.75 Å². The predicted octanol–water partition coefficient (Wildman–Crippen LogP) is 7.59. The topological polar surface area (TPSA) is 81.4 Å². The van der Waals surface area contributed by atoms with E-state index in [-0.39, 0.29) is 32.2 Å². The Bertz CT molecular complexity index is 2270. The minimum atomic E-state index is -0.248. The second-order valence-corrected chi connectivity index (χ2v) is 11.1. The summed E-state index contributed by atoms with van der Waals surface area (Å²) in [5.41, 5.74) is 8.87. The van der Waals surface area contributed by atoms with Crippen LogP contribution >= 0.6 is 0 Å². The molecule has 1 N–H and O–H groups in total. The molecule has 7 nitrogen and oxygen atoms in total. The number of furan rings is 1. The van der Waals surface area contributed by atoms with Crippen molar-refractivity contribution < 1.29 is 30.6 Å². The Morgan fingerprint density at radius 1 is 0.854 bits per heavy atom. The van der Waals surface area contributed by atoms with Crippen molar-refractivity contribution in [2.45, 2.75) is 26.2 Å². The Morgan fingerprint density at radius 2 is 1.63 bits per heavy atom. The van der Waals surface area contributed by atoms with Gasteiger partial charge in [-0.3, -0.25) is 4.40 Å². The summed E-state index contributed by atoms with van der Waals surface area (Å²) in [5.74, 6) is 0.901. The van der Waals surface area contributed by atoms with Crippen molar-refractivity contribution in [3.63, 3.8) is 0 Å². The maximum absolute atomic E-state index is 10.7. The second-order valence-electron chi connectivity index (χ2n) is 11.1. The van der Waals surface area contributed by atoms with Crippen LogP contribution in [-0.2, 0) is 26.5 Å². The van der Waals surface area contributed by atoms with E-state index in [2.05, 4.69) is 71.1 Å². The summed E-state index contributed by atoms with van der Waals surface area (Å²) in [7, 11) is 0. The largest absolute Gasteiger partial charge is 0.507 e. The zero-order valence-corrected chi connectivity index (χ0v) is 24.8. The molecule has 204 valence electrons. The van der Waals surface area contributed by atoms with Gasteiger partial charge in [0.25, 0.3) is 0 Å². The van der Waals surface area contributed by atoms with Gasteiger partial charge in [-0.05, 0) is 35.7 Å². The first-order valence-corrected chi connectivity index (χ1v) is 13.2. The number of para-hydroxylation sites is 4. The van der Waals surface area contributed by atoms with Crippen molar-refractivity contribution in [2.75, 3.05) is 0 Å². The average Bonchev–Trinajstić information content (AvgIpc) is 3.61. The third-order valence-electron chi connectivity index (χ3n) is 7.55. The van der Waals surface area contributed by atoms with Crippen LogP contribution < -0.4 is 0 Å². The van der Waals surface area contributed by atoms with Crippen LogP contribution in [0.2, 0.25) is 0 Å². The summed E-state index contributed by atoms with van der Waals surface area (Å²) >= 11 is 0. The molecule has 0 fully saturated rings. The van der Waals surface area contributed by atoms with Crippen LogP contribution in [0.15, 0.2) is 89.5 Å². The molecule has 8 aromatic rings. The molecule has 0 radical (unpaired) electrons. The van der Waals surface area contributed by atoms with Crippen molar-refractivity contribution in [1.82, 2.24) is 23.9 Å². The third kappa shape index (κ3) is 3.65. The standard InChI is InChI=1S/C33H24N5O2.Pt/c1-33(2,3)21-18-22(35-29-27-26(39)16-17-34-31(27)40-30(21)29)20-12-9-15-25-28(20)36-32-37(19-10-5-4-6-11-19)23-13-7-8-14-24(23)38(25)32;/h4-10,12-18H,1-3H3,(H,34,39);/q-1;. The molecule has 3 aromatic carbocycles. The number of hydrogen-bond acceptors (Lipinski definition) is 5. The minimum Gasteiger partial charge on any atom is -0.507 e. The van der Waals surface area contributed by atoms with Gasteiger partial charge in [-0.25, -0.2) is 15.0 Å². The number of benzene rings is 3. The van der Waals surface area contributed by atoms with Gasteiger partial charge in [0.2, 0.25) is 11.5 Å². The molecule has 0 saturated heterocycles. The Morgan fingerprint density at radius 3 is 2.41 bits per heavy atom. The van der Waals surface area contributed by atoms with Crippen molar-refractivity contribution in [1.29, 1.82) is 0 Å². The van der Waals surface area contributed by atoms with E-state index in [1.54, 1.807) is 12.3 Å². The molecule has 8 rings (SSSR count). The summed E-state index contributed by atoms with van der Waals surface area (Å²) in [4.78, 5) is 14.6. The number of pyridine rings is 2. The van der Waals surface area contributed by atoms with Gasteiger partial charge >= 0.3 is 0 Å². The van der Waals surface area contributed by atoms with E-state index in [0.717, 1.165) is 50.4 Å². The first-order chi connectivity index (χ1) is 19.4. The molecular formula is C33H24N5O2Pt-. The summed E-state index contributed by atoms with van der Waals surface area (Å²) in [6.07, 6.45) is 1.54. The summed E-state index contributed by atoms with van der Waals surface area (Å²) in [6.45, 7) is 6.43. The maximum atomic E-state index is 10.7. The fourth-order valence-electron chi connectivity index (χ4n) is 5.72. The Hall–Kier alpha value is -4.48. The fourth-order valence-corrected chi connectivity index (χ4v) is 5.72. The van der Waals surface area contributed by atoms with Crippen molar-refractivity contribution in [3.05, 3.63) is 96.7 Å². The van der Waals surface area contributed by atoms with Gasteiger partial charge < -0.3 is 14.1 Å². The molecule has 0 saturated carbocycles. The molecule has 5 heterocycles. The second kappa shape index (κ2) is 9.01. The number of rotatable bonds is 2. The summed E-state index contributed by atoms with van der Waals surface area (Å²) in [5, 5.41) is 11.2. The maximum Gasteiger partial charge on any atom is 0.232 e. The number of nitrogens with zero attached hydrogens (tertiary/aromatic N) is 5. The van der Waals surface area contributed by atoms with Crippen LogP contribution in [-0.4, -0.2) is 29.0 Å². The molecule has 8 heteroatoms. The van der Waals surface area contributed by atoms with E-state index in [9.17, 15) is 5.11 Å². The molecule has 0 aliphatic carbocycles. The first-order valence-electron chi connectivity index (χ1n) is 13.2. The first kappa shape index (κ1) is 25.5. The molecule has 0 spiro atoms. The molecule has 0 aliphatic rings. The van der Waals surface area contributed by atoms with Gasteiger partial charge in [0.1, 0.15) is 22.2 Å². The molecule has 0 aliphatic heterocycles. The van der Waals surface area contributed by atoms with E-state index in [0.29, 0.717) is 22.2 Å². The van der Waals surface area contributed by atoms with E-state index < -0.39 is 0 Å². The van der Waals surface area contributed by atoms with Gasteiger partial charge in [-0.1, -0.05) is 50.7 Å². The zero-order chi connectivity index (χ0) is 27.2. The van der Waals surface area contributed by atoms with Gasteiger partial charge in [0.05, 0.1) is 22.2 Å². The van der Waals surface area contributed by atoms with E-state index in [1.165, 1.54) is 0 Å². The number of imidazole rings is 2. The minimum absolute atomic E-state index is 0. The van der Waals surface area contributed by atoms with Gasteiger partial charge in [-0.2, -0.15) is 24.3 Å². The van der Waals surface area contributed by atoms with E-state index >= 15 is 0 Å². The summed E-state index contributed by atoms with van der Waals surface area (Å²) < 4.78 is 10.5.